The van der Waals surface area contributed by atoms with Gasteiger partial charge in [0.2, 0.25) is 0 Å². The Balaban J connectivity index is 2.07. The molecule has 0 saturated carbocycles. The van der Waals surface area contributed by atoms with E-state index < -0.39 is 17.4 Å². The summed E-state index contributed by atoms with van der Waals surface area (Å²) < 4.78 is 26.5. The Labute approximate surface area is 131 Å². The molecule has 2 aromatic rings. The molecular weight excluding hydrogens is 319 g/mol. The van der Waals surface area contributed by atoms with Gasteiger partial charge in [-0.05, 0) is 42.3 Å². The third kappa shape index (κ3) is 3.84. The fourth-order valence-electron chi connectivity index (χ4n) is 1.89. The quantitative estimate of drug-likeness (QED) is 0.841. The molecule has 0 fully saturated rings. The van der Waals surface area contributed by atoms with Crippen molar-refractivity contribution >= 4 is 23.2 Å². The highest BCUT2D eigenvalue weighted by molar-refractivity contribution is 6.42. The van der Waals surface area contributed by atoms with Crippen LogP contribution in [0.5, 0.6) is 5.75 Å². The summed E-state index contributed by atoms with van der Waals surface area (Å²) in [6.07, 6.45) is 0. The van der Waals surface area contributed by atoms with Crippen LogP contribution in [-0.4, -0.2) is 5.11 Å². The number of halogens is 4. The van der Waals surface area contributed by atoms with E-state index in [4.69, 9.17) is 28.3 Å². The zero-order valence-corrected chi connectivity index (χ0v) is 12.6. The van der Waals surface area contributed by atoms with Crippen LogP contribution in [0.4, 0.5) is 8.78 Å². The van der Waals surface area contributed by atoms with Gasteiger partial charge in [0.05, 0.1) is 10.0 Å². The SMILES string of the molecule is CC(NCc1cc(F)c(O)c(F)c1)c1ccc(Cl)c(Cl)c1. The second-order valence-corrected chi connectivity index (χ2v) is 5.50. The van der Waals surface area contributed by atoms with Gasteiger partial charge < -0.3 is 10.4 Å². The lowest BCUT2D eigenvalue weighted by Crippen LogP contribution is -2.18. The third-order valence-corrected chi connectivity index (χ3v) is 3.87. The molecule has 0 bridgehead atoms. The maximum atomic E-state index is 13.2. The summed E-state index contributed by atoms with van der Waals surface area (Å²) in [5.74, 6) is -2.92. The van der Waals surface area contributed by atoms with Gasteiger partial charge in [-0.15, -0.1) is 0 Å². The Morgan fingerprint density at radius 1 is 1.10 bits per heavy atom. The van der Waals surface area contributed by atoms with Crippen LogP contribution in [0.1, 0.15) is 24.1 Å². The van der Waals surface area contributed by atoms with Gasteiger partial charge in [-0.3, -0.25) is 0 Å². The Kier molecular flexibility index (Phi) is 5.04. The topological polar surface area (TPSA) is 32.3 Å². The number of hydrogen-bond donors (Lipinski definition) is 2. The van der Waals surface area contributed by atoms with Crippen LogP contribution in [0.15, 0.2) is 30.3 Å². The lowest BCUT2D eigenvalue weighted by Gasteiger charge is -2.15. The first-order chi connectivity index (χ1) is 9.88. The maximum absolute atomic E-state index is 13.2. The van der Waals surface area contributed by atoms with Gasteiger partial charge in [0.15, 0.2) is 17.4 Å². The fraction of sp³-hybridized carbons (Fsp3) is 0.200. The molecule has 0 aliphatic heterocycles. The Bertz CT molecular complexity index is 641. The van der Waals surface area contributed by atoms with E-state index in [9.17, 15) is 8.78 Å². The molecule has 2 N–H and O–H groups in total. The van der Waals surface area contributed by atoms with Crippen LogP contribution < -0.4 is 5.32 Å². The molecule has 0 amide bonds. The summed E-state index contributed by atoms with van der Waals surface area (Å²) in [6.45, 7) is 2.14. The fourth-order valence-corrected chi connectivity index (χ4v) is 2.20. The molecule has 0 aromatic heterocycles. The highest BCUT2D eigenvalue weighted by Gasteiger charge is 2.11. The average Bonchev–Trinajstić information content (AvgIpc) is 2.44. The molecule has 112 valence electrons. The van der Waals surface area contributed by atoms with Gasteiger partial charge in [0.25, 0.3) is 0 Å². The first-order valence-electron chi connectivity index (χ1n) is 6.23. The summed E-state index contributed by atoms with van der Waals surface area (Å²) >= 11 is 11.8. The normalized spacial score (nSPS) is 12.4. The van der Waals surface area contributed by atoms with E-state index >= 15 is 0 Å². The summed E-state index contributed by atoms with van der Waals surface area (Å²) in [5.41, 5.74) is 1.30. The third-order valence-electron chi connectivity index (χ3n) is 3.13. The van der Waals surface area contributed by atoms with Gasteiger partial charge in [-0.1, -0.05) is 29.3 Å². The maximum Gasteiger partial charge on any atom is 0.187 e. The van der Waals surface area contributed by atoms with Crippen LogP contribution in [0.25, 0.3) is 0 Å². The predicted molar refractivity (Wildman–Crippen MR) is 79.7 cm³/mol. The molecule has 0 spiro atoms. The molecule has 0 saturated heterocycles. The standard InChI is InChI=1S/C15H13Cl2F2NO/c1-8(10-2-3-11(16)12(17)6-10)20-7-9-4-13(18)15(21)14(19)5-9/h2-6,8,20-21H,7H2,1H3. The molecular formula is C15H13Cl2F2NO. The van der Waals surface area contributed by atoms with Crippen molar-refractivity contribution in [3.63, 3.8) is 0 Å². The van der Waals surface area contributed by atoms with Crippen molar-refractivity contribution in [1.29, 1.82) is 0 Å². The van der Waals surface area contributed by atoms with E-state index in [1.807, 2.05) is 13.0 Å². The van der Waals surface area contributed by atoms with Crippen molar-refractivity contribution in [2.45, 2.75) is 19.5 Å². The molecule has 6 heteroatoms. The second kappa shape index (κ2) is 6.60. The van der Waals surface area contributed by atoms with Crippen LogP contribution in [0, 0.1) is 11.6 Å². The van der Waals surface area contributed by atoms with Gasteiger partial charge in [0, 0.05) is 12.6 Å². The number of phenols is 1. The van der Waals surface area contributed by atoms with Crippen molar-refractivity contribution in [2.24, 2.45) is 0 Å². The van der Waals surface area contributed by atoms with Gasteiger partial charge in [0.1, 0.15) is 0 Å². The Morgan fingerprint density at radius 3 is 2.29 bits per heavy atom. The Hall–Kier alpha value is -1.36. The highest BCUT2D eigenvalue weighted by atomic mass is 35.5. The molecule has 0 heterocycles. The molecule has 2 rings (SSSR count). The smallest absolute Gasteiger partial charge is 0.187 e. The van der Waals surface area contributed by atoms with E-state index in [0.29, 0.717) is 15.6 Å². The van der Waals surface area contributed by atoms with E-state index in [1.165, 1.54) is 0 Å². The van der Waals surface area contributed by atoms with Crippen LogP contribution >= 0.6 is 23.2 Å². The average molecular weight is 332 g/mol. The second-order valence-electron chi connectivity index (χ2n) is 4.68. The van der Waals surface area contributed by atoms with E-state index in [2.05, 4.69) is 5.32 Å². The van der Waals surface area contributed by atoms with Crippen LogP contribution in [-0.2, 0) is 6.54 Å². The van der Waals surface area contributed by atoms with Crippen LogP contribution in [0.3, 0.4) is 0 Å². The zero-order chi connectivity index (χ0) is 15.6. The van der Waals surface area contributed by atoms with E-state index in [-0.39, 0.29) is 12.6 Å². The van der Waals surface area contributed by atoms with Gasteiger partial charge >= 0.3 is 0 Å². The molecule has 2 nitrogen and oxygen atoms in total. The van der Waals surface area contributed by atoms with Crippen molar-refractivity contribution in [3.8, 4) is 5.75 Å². The summed E-state index contributed by atoms with van der Waals surface area (Å²) in [5, 5.41) is 13.1. The summed E-state index contributed by atoms with van der Waals surface area (Å²) in [7, 11) is 0. The number of nitrogens with one attached hydrogen (secondary N) is 1. The predicted octanol–water partition coefficient (Wildman–Crippen LogP) is 4.83. The van der Waals surface area contributed by atoms with E-state index in [0.717, 1.165) is 17.7 Å². The minimum atomic E-state index is -0.978. The molecule has 0 aliphatic carbocycles. The zero-order valence-electron chi connectivity index (χ0n) is 11.1. The number of aromatic hydroxyl groups is 1. The van der Waals surface area contributed by atoms with Crippen molar-refractivity contribution in [2.75, 3.05) is 0 Å². The number of benzene rings is 2. The highest BCUT2D eigenvalue weighted by Crippen LogP contribution is 2.26. The lowest BCUT2D eigenvalue weighted by atomic mass is 10.1. The van der Waals surface area contributed by atoms with Crippen molar-refractivity contribution in [1.82, 2.24) is 5.32 Å². The van der Waals surface area contributed by atoms with Gasteiger partial charge in [-0.25, -0.2) is 8.78 Å². The number of hydrogen-bond acceptors (Lipinski definition) is 2. The van der Waals surface area contributed by atoms with Crippen molar-refractivity contribution < 1.29 is 13.9 Å². The number of phenolic OH excluding ortho intramolecular Hbond substituents is 1. The Morgan fingerprint density at radius 2 is 1.71 bits per heavy atom. The monoisotopic (exact) mass is 331 g/mol. The summed E-state index contributed by atoms with van der Waals surface area (Å²) in [6, 6.07) is 7.35. The van der Waals surface area contributed by atoms with Crippen molar-refractivity contribution in [3.05, 3.63) is 63.1 Å². The largest absolute Gasteiger partial charge is 0.503 e. The lowest BCUT2D eigenvalue weighted by molar-refractivity contribution is 0.394. The van der Waals surface area contributed by atoms with E-state index in [1.54, 1.807) is 12.1 Å². The minimum absolute atomic E-state index is 0.0836. The first kappa shape index (κ1) is 16.0. The minimum Gasteiger partial charge on any atom is -0.503 e. The number of rotatable bonds is 4. The molecule has 21 heavy (non-hydrogen) atoms. The van der Waals surface area contributed by atoms with Gasteiger partial charge in [-0.2, -0.15) is 0 Å². The molecule has 2 aromatic carbocycles. The first-order valence-corrected chi connectivity index (χ1v) is 6.99. The molecule has 0 radical (unpaired) electrons. The molecule has 0 aliphatic rings. The summed E-state index contributed by atoms with van der Waals surface area (Å²) in [4.78, 5) is 0. The molecule has 1 unspecified atom stereocenters. The van der Waals surface area contributed by atoms with Crippen LogP contribution in [0.2, 0.25) is 10.0 Å². The molecule has 1 atom stereocenters.